The summed E-state index contributed by atoms with van der Waals surface area (Å²) in [4.78, 5) is 0. The minimum absolute atomic E-state index is 0.316. The highest BCUT2D eigenvalue weighted by Crippen LogP contribution is 2.18. The molecule has 0 atom stereocenters. The van der Waals surface area contributed by atoms with Gasteiger partial charge in [-0.1, -0.05) is 11.3 Å². The van der Waals surface area contributed by atoms with Crippen LogP contribution < -0.4 is 5.73 Å². The zero-order valence-corrected chi connectivity index (χ0v) is 12.7. The van der Waals surface area contributed by atoms with Gasteiger partial charge in [0.15, 0.2) is 0 Å². The molecule has 0 spiro atoms. The van der Waals surface area contributed by atoms with Crippen molar-refractivity contribution in [3.05, 3.63) is 53.6 Å². The zero-order chi connectivity index (χ0) is 15.7. The fourth-order valence-corrected chi connectivity index (χ4v) is 2.56. The largest absolute Gasteiger partial charge is 0.325 e. The third-order valence-corrected chi connectivity index (χ3v) is 3.43. The molecule has 0 bridgehead atoms. The fourth-order valence-electron chi connectivity index (χ4n) is 2.56. The molecule has 0 aliphatic carbocycles. The average molecular weight is 294 g/mol. The van der Waals surface area contributed by atoms with Crippen LogP contribution in [0.3, 0.4) is 0 Å². The van der Waals surface area contributed by atoms with Gasteiger partial charge in [-0.3, -0.25) is 0 Å². The summed E-state index contributed by atoms with van der Waals surface area (Å²) in [5.41, 5.74) is 9.05. The Bertz CT molecular complexity index is 844. The highest BCUT2D eigenvalue weighted by atomic mass is 15.4. The first-order valence-corrected chi connectivity index (χ1v) is 7.13. The van der Waals surface area contributed by atoms with Crippen LogP contribution in [0.15, 0.2) is 36.8 Å². The summed E-state index contributed by atoms with van der Waals surface area (Å²) < 4.78 is 3.70. The molecule has 3 heterocycles. The van der Waals surface area contributed by atoms with Crippen molar-refractivity contribution in [3.63, 3.8) is 0 Å². The maximum Gasteiger partial charge on any atom is 0.102 e. The van der Waals surface area contributed by atoms with E-state index in [1.807, 2.05) is 55.0 Å². The maximum absolute atomic E-state index is 9.42. The van der Waals surface area contributed by atoms with Crippen molar-refractivity contribution < 1.29 is 0 Å². The Morgan fingerprint density at radius 3 is 2.86 bits per heavy atom. The van der Waals surface area contributed by atoms with Crippen molar-refractivity contribution in [2.45, 2.75) is 32.4 Å². The Morgan fingerprint density at radius 2 is 2.14 bits per heavy atom. The van der Waals surface area contributed by atoms with Crippen LogP contribution in [0.1, 0.15) is 30.7 Å². The average Bonchev–Trinajstić information content (AvgIpc) is 3.00. The molecule has 0 saturated heterocycles. The van der Waals surface area contributed by atoms with Crippen LogP contribution in [0.2, 0.25) is 0 Å². The minimum atomic E-state index is -0.316. The summed E-state index contributed by atoms with van der Waals surface area (Å²) in [5.74, 6) is 0. The Balaban J connectivity index is 1.89. The lowest BCUT2D eigenvalue weighted by molar-refractivity contribution is 0.509. The summed E-state index contributed by atoms with van der Waals surface area (Å²) >= 11 is 0. The number of hydrogen-bond acceptors (Lipinski definition) is 4. The Hall–Kier alpha value is -2.65. The number of nitriles is 1. The van der Waals surface area contributed by atoms with Crippen LogP contribution in [-0.4, -0.2) is 24.9 Å². The third kappa shape index (κ3) is 2.85. The van der Waals surface area contributed by atoms with E-state index in [4.69, 9.17) is 5.73 Å². The first kappa shape index (κ1) is 14.3. The van der Waals surface area contributed by atoms with Crippen LogP contribution in [0.4, 0.5) is 0 Å². The standard InChI is InChI=1S/C16H18N6/c1-16(2,18)7-13-11-22(20-19-13)10-12-9-21-6-4-3-5-15(21)14(12)8-17/h3-6,9,11H,7,10,18H2,1-2H3. The number of nitrogens with two attached hydrogens (primary N) is 1. The summed E-state index contributed by atoms with van der Waals surface area (Å²) in [6.45, 7) is 4.43. The van der Waals surface area contributed by atoms with Gasteiger partial charge in [0, 0.05) is 36.1 Å². The molecule has 6 heteroatoms. The third-order valence-electron chi connectivity index (χ3n) is 3.43. The van der Waals surface area contributed by atoms with Gasteiger partial charge in [0.1, 0.15) is 6.07 Å². The SMILES string of the molecule is CC(C)(N)Cc1cn(Cc2cn3ccccc3c2C#N)nn1. The van der Waals surface area contributed by atoms with E-state index in [1.54, 1.807) is 4.68 Å². The van der Waals surface area contributed by atoms with Gasteiger partial charge >= 0.3 is 0 Å². The van der Waals surface area contributed by atoms with Gasteiger partial charge in [-0.25, -0.2) is 4.68 Å². The molecule has 0 amide bonds. The summed E-state index contributed by atoms with van der Waals surface area (Å²) in [5, 5.41) is 17.7. The number of pyridine rings is 1. The number of nitrogens with zero attached hydrogens (tertiary/aromatic N) is 5. The number of hydrogen-bond donors (Lipinski definition) is 1. The minimum Gasteiger partial charge on any atom is -0.325 e. The van der Waals surface area contributed by atoms with E-state index in [1.165, 1.54) is 0 Å². The second kappa shape index (κ2) is 5.28. The van der Waals surface area contributed by atoms with E-state index in [0.29, 0.717) is 18.5 Å². The molecule has 6 nitrogen and oxygen atoms in total. The van der Waals surface area contributed by atoms with E-state index in [9.17, 15) is 5.26 Å². The molecule has 22 heavy (non-hydrogen) atoms. The molecule has 0 fully saturated rings. The molecule has 3 aromatic heterocycles. The van der Waals surface area contributed by atoms with E-state index < -0.39 is 0 Å². The van der Waals surface area contributed by atoms with E-state index in [0.717, 1.165) is 16.8 Å². The highest BCUT2D eigenvalue weighted by Gasteiger charge is 2.15. The quantitative estimate of drug-likeness (QED) is 0.794. The fraction of sp³-hybridized carbons (Fsp3) is 0.312. The lowest BCUT2D eigenvalue weighted by Gasteiger charge is -2.15. The molecule has 0 saturated carbocycles. The molecule has 0 aliphatic heterocycles. The van der Waals surface area contributed by atoms with Crippen molar-refractivity contribution in [2.75, 3.05) is 0 Å². The van der Waals surface area contributed by atoms with Crippen LogP contribution in [0, 0.1) is 11.3 Å². The summed E-state index contributed by atoms with van der Waals surface area (Å²) in [6, 6.07) is 8.08. The van der Waals surface area contributed by atoms with Gasteiger partial charge in [0.2, 0.25) is 0 Å². The van der Waals surface area contributed by atoms with E-state index in [2.05, 4.69) is 16.4 Å². The normalized spacial score (nSPS) is 11.7. The zero-order valence-electron chi connectivity index (χ0n) is 12.7. The molecule has 0 aliphatic rings. The number of aromatic nitrogens is 4. The molecule has 2 N–H and O–H groups in total. The van der Waals surface area contributed by atoms with Crippen molar-refractivity contribution in [1.29, 1.82) is 5.26 Å². The molecule has 0 radical (unpaired) electrons. The summed E-state index contributed by atoms with van der Waals surface area (Å²) in [7, 11) is 0. The van der Waals surface area contributed by atoms with Crippen molar-refractivity contribution >= 4 is 5.52 Å². The van der Waals surface area contributed by atoms with Crippen LogP contribution in [0.5, 0.6) is 0 Å². The van der Waals surface area contributed by atoms with Gasteiger partial charge in [0.25, 0.3) is 0 Å². The molecular formula is C16H18N6. The second-order valence-corrected chi connectivity index (χ2v) is 6.21. The highest BCUT2D eigenvalue weighted by molar-refractivity contribution is 5.65. The molecule has 0 aromatic carbocycles. The van der Waals surface area contributed by atoms with Crippen LogP contribution in [-0.2, 0) is 13.0 Å². The lowest BCUT2D eigenvalue weighted by Crippen LogP contribution is -2.34. The molecule has 3 rings (SSSR count). The first-order valence-electron chi connectivity index (χ1n) is 7.13. The molecular weight excluding hydrogens is 276 g/mol. The van der Waals surface area contributed by atoms with Gasteiger partial charge in [-0.05, 0) is 26.0 Å². The van der Waals surface area contributed by atoms with Crippen LogP contribution >= 0.6 is 0 Å². The van der Waals surface area contributed by atoms with E-state index >= 15 is 0 Å². The smallest absolute Gasteiger partial charge is 0.102 e. The Labute approximate surface area is 128 Å². The van der Waals surface area contributed by atoms with E-state index in [-0.39, 0.29) is 5.54 Å². The predicted molar refractivity (Wildman–Crippen MR) is 83.2 cm³/mol. The van der Waals surface area contributed by atoms with Gasteiger partial charge in [-0.2, -0.15) is 5.26 Å². The van der Waals surface area contributed by atoms with Gasteiger partial charge in [-0.15, -0.1) is 5.10 Å². The first-order chi connectivity index (χ1) is 10.5. The molecule has 112 valence electrons. The predicted octanol–water partition coefficient (Wildman–Crippen LogP) is 1.73. The lowest BCUT2D eigenvalue weighted by atomic mass is 10.0. The Morgan fingerprint density at radius 1 is 1.32 bits per heavy atom. The Kier molecular flexibility index (Phi) is 3.43. The van der Waals surface area contributed by atoms with Crippen molar-refractivity contribution in [2.24, 2.45) is 5.73 Å². The number of fused-ring (bicyclic) bond motifs is 1. The van der Waals surface area contributed by atoms with Crippen molar-refractivity contribution in [1.82, 2.24) is 19.4 Å². The summed E-state index contributed by atoms with van der Waals surface area (Å²) in [6.07, 6.45) is 6.44. The monoisotopic (exact) mass is 294 g/mol. The molecule has 3 aromatic rings. The topological polar surface area (TPSA) is 84.9 Å². The van der Waals surface area contributed by atoms with Gasteiger partial charge in [0.05, 0.1) is 23.3 Å². The molecule has 0 unspecified atom stereocenters. The van der Waals surface area contributed by atoms with Crippen molar-refractivity contribution in [3.8, 4) is 6.07 Å². The van der Waals surface area contributed by atoms with Crippen LogP contribution in [0.25, 0.3) is 5.52 Å². The maximum atomic E-state index is 9.42. The number of rotatable bonds is 4. The second-order valence-electron chi connectivity index (χ2n) is 6.21. The van der Waals surface area contributed by atoms with Gasteiger partial charge < -0.3 is 10.1 Å².